The molecule has 254 valence electrons. The Morgan fingerprint density at radius 1 is 0.674 bits per heavy atom. The van der Waals surface area contributed by atoms with Crippen LogP contribution in [0.15, 0.2) is 0 Å². The van der Waals surface area contributed by atoms with Crippen LogP contribution in [0.2, 0.25) is 0 Å². The topological polar surface area (TPSA) is 58.6 Å². The van der Waals surface area contributed by atoms with Crippen LogP contribution in [-0.4, -0.2) is 55.0 Å². The Morgan fingerprint density at radius 2 is 1.16 bits per heavy atom. The Kier molecular flexibility index (Phi) is 27.7. The summed E-state index contributed by atoms with van der Waals surface area (Å²) in [6.07, 6.45) is 33.0. The molecule has 0 saturated carbocycles. The maximum atomic E-state index is 12.7. The molecule has 43 heavy (non-hydrogen) atoms. The highest BCUT2D eigenvalue weighted by Crippen LogP contribution is 2.19. The lowest BCUT2D eigenvalue weighted by atomic mass is 9.98. The number of carbonyl (C=O) groups is 2. The van der Waals surface area contributed by atoms with Crippen molar-refractivity contribution in [1.82, 2.24) is 10.2 Å². The van der Waals surface area contributed by atoms with Crippen LogP contribution in [0.4, 0.5) is 0 Å². The summed E-state index contributed by atoms with van der Waals surface area (Å²) in [6, 6.07) is 1.20. The van der Waals surface area contributed by atoms with E-state index in [9.17, 15) is 9.59 Å². The molecular weight excluding hydrogens is 532 g/mol. The fourth-order valence-electron chi connectivity index (χ4n) is 6.70. The lowest BCUT2D eigenvalue weighted by Crippen LogP contribution is -2.56. The van der Waals surface area contributed by atoms with Gasteiger partial charge in [0.05, 0.1) is 0 Å². The van der Waals surface area contributed by atoms with Crippen LogP contribution in [0.1, 0.15) is 194 Å². The highest BCUT2D eigenvalue weighted by atomic mass is 16.5. The van der Waals surface area contributed by atoms with Crippen molar-refractivity contribution in [3.63, 3.8) is 0 Å². The monoisotopic (exact) mass is 607 g/mol. The Labute approximate surface area is 268 Å². The summed E-state index contributed by atoms with van der Waals surface area (Å²) in [5, 5.41) is 3.99. The van der Waals surface area contributed by atoms with Gasteiger partial charge in [-0.3, -0.25) is 4.79 Å². The standard InChI is InChI=1S/C38H74N2O3/c1-4-7-10-13-21-28-37(29-22-14-11-8-5-2)43-38(42)30-23-17-16-20-27-36-34-40(31-24-9-6-3)33-35(39-36)26-19-15-12-18-25-32-41/h32,35-37,39H,4-31,33-34H2,1-3H3. The zero-order chi connectivity index (χ0) is 31.2. The summed E-state index contributed by atoms with van der Waals surface area (Å²) in [7, 11) is 0. The molecule has 2 atom stereocenters. The van der Waals surface area contributed by atoms with E-state index in [-0.39, 0.29) is 12.1 Å². The molecule has 5 nitrogen and oxygen atoms in total. The number of ether oxygens (including phenoxy) is 1. The lowest BCUT2D eigenvalue weighted by Gasteiger charge is -2.39. The van der Waals surface area contributed by atoms with Crippen molar-refractivity contribution in [2.75, 3.05) is 19.6 Å². The molecule has 1 fully saturated rings. The highest BCUT2D eigenvalue weighted by Gasteiger charge is 2.25. The molecule has 0 aromatic rings. The van der Waals surface area contributed by atoms with Crippen LogP contribution in [0, 0.1) is 0 Å². The Bertz CT molecular complexity index is 614. The van der Waals surface area contributed by atoms with E-state index in [0.29, 0.717) is 18.5 Å². The molecule has 0 aromatic carbocycles. The van der Waals surface area contributed by atoms with Crippen LogP contribution >= 0.6 is 0 Å². The number of esters is 1. The van der Waals surface area contributed by atoms with Gasteiger partial charge in [0.25, 0.3) is 0 Å². The molecule has 1 aliphatic rings. The average Bonchev–Trinajstić information content (AvgIpc) is 3.00. The predicted molar refractivity (Wildman–Crippen MR) is 185 cm³/mol. The second kappa shape index (κ2) is 29.8. The van der Waals surface area contributed by atoms with E-state index >= 15 is 0 Å². The number of hydrogen-bond donors (Lipinski definition) is 1. The Balaban J connectivity index is 2.32. The van der Waals surface area contributed by atoms with Gasteiger partial charge in [-0.1, -0.05) is 124 Å². The molecule has 1 aliphatic heterocycles. The third kappa shape index (κ3) is 24.0. The van der Waals surface area contributed by atoms with Gasteiger partial charge in [-0.05, 0) is 64.3 Å². The number of nitrogens with one attached hydrogen (secondary N) is 1. The van der Waals surface area contributed by atoms with Crippen LogP contribution in [0.3, 0.4) is 0 Å². The minimum Gasteiger partial charge on any atom is -0.462 e. The molecule has 0 spiro atoms. The zero-order valence-corrected chi connectivity index (χ0v) is 29.2. The van der Waals surface area contributed by atoms with Crippen LogP contribution in [0.25, 0.3) is 0 Å². The minimum atomic E-state index is 0.0396. The van der Waals surface area contributed by atoms with Gasteiger partial charge in [0.15, 0.2) is 0 Å². The van der Waals surface area contributed by atoms with Gasteiger partial charge >= 0.3 is 5.97 Å². The van der Waals surface area contributed by atoms with Crippen LogP contribution in [0.5, 0.6) is 0 Å². The van der Waals surface area contributed by atoms with Crippen molar-refractivity contribution < 1.29 is 14.3 Å². The van der Waals surface area contributed by atoms with Gasteiger partial charge in [0.1, 0.15) is 12.4 Å². The molecule has 1 N–H and O–H groups in total. The van der Waals surface area contributed by atoms with Gasteiger partial charge in [-0.2, -0.15) is 0 Å². The summed E-state index contributed by atoms with van der Waals surface area (Å²) >= 11 is 0. The SMILES string of the molecule is CCCCCCCC(CCCCCCC)OC(=O)CCCCCCC1CN(CCCCC)CC(CCCCCCC=O)N1. The number of nitrogens with zero attached hydrogens (tertiary/aromatic N) is 1. The fraction of sp³-hybridized carbons (Fsp3) is 0.947. The van der Waals surface area contributed by atoms with Crippen molar-refractivity contribution in [1.29, 1.82) is 0 Å². The quantitative estimate of drug-likeness (QED) is 0.0483. The first-order valence-corrected chi connectivity index (χ1v) is 19.2. The molecule has 1 saturated heterocycles. The normalized spacial score (nSPS) is 17.5. The number of piperazine rings is 1. The largest absolute Gasteiger partial charge is 0.462 e. The van der Waals surface area contributed by atoms with Gasteiger partial charge in [0, 0.05) is 38.0 Å². The van der Waals surface area contributed by atoms with E-state index in [2.05, 4.69) is 31.0 Å². The molecule has 0 aromatic heterocycles. The van der Waals surface area contributed by atoms with Crippen molar-refractivity contribution in [3.05, 3.63) is 0 Å². The maximum absolute atomic E-state index is 12.7. The molecule has 0 aliphatic carbocycles. The van der Waals surface area contributed by atoms with Crippen LogP contribution in [-0.2, 0) is 14.3 Å². The van der Waals surface area contributed by atoms with E-state index < -0.39 is 0 Å². The molecule has 0 amide bonds. The third-order valence-electron chi connectivity index (χ3n) is 9.37. The van der Waals surface area contributed by atoms with E-state index in [4.69, 9.17) is 4.74 Å². The number of carbonyl (C=O) groups excluding carboxylic acids is 2. The molecule has 0 bridgehead atoms. The van der Waals surface area contributed by atoms with E-state index in [1.807, 2.05) is 0 Å². The summed E-state index contributed by atoms with van der Waals surface area (Å²) < 4.78 is 6.02. The minimum absolute atomic E-state index is 0.0396. The first-order valence-electron chi connectivity index (χ1n) is 19.2. The maximum Gasteiger partial charge on any atom is 0.306 e. The van der Waals surface area contributed by atoms with Gasteiger partial charge in [-0.25, -0.2) is 0 Å². The summed E-state index contributed by atoms with van der Waals surface area (Å²) in [6.45, 7) is 10.4. The zero-order valence-electron chi connectivity index (χ0n) is 29.2. The van der Waals surface area contributed by atoms with E-state index in [1.54, 1.807) is 0 Å². The number of unbranched alkanes of at least 4 members (excludes halogenated alkanes) is 17. The molecule has 5 heteroatoms. The highest BCUT2D eigenvalue weighted by molar-refractivity contribution is 5.69. The lowest BCUT2D eigenvalue weighted by molar-refractivity contribution is -0.150. The fourth-order valence-corrected chi connectivity index (χ4v) is 6.70. The molecular formula is C38H74N2O3. The van der Waals surface area contributed by atoms with Gasteiger partial charge < -0.3 is 19.7 Å². The number of aldehydes is 1. The smallest absolute Gasteiger partial charge is 0.306 e. The van der Waals surface area contributed by atoms with E-state index in [0.717, 1.165) is 44.8 Å². The summed E-state index contributed by atoms with van der Waals surface area (Å²) in [4.78, 5) is 26.0. The predicted octanol–water partition coefficient (Wildman–Crippen LogP) is 10.3. The average molecular weight is 607 g/mol. The van der Waals surface area contributed by atoms with Crippen molar-refractivity contribution >= 4 is 12.3 Å². The molecule has 0 radical (unpaired) electrons. The van der Waals surface area contributed by atoms with Gasteiger partial charge in [0.2, 0.25) is 0 Å². The Hall–Kier alpha value is -0.940. The molecule has 1 heterocycles. The van der Waals surface area contributed by atoms with Crippen LogP contribution < -0.4 is 5.32 Å². The summed E-state index contributed by atoms with van der Waals surface area (Å²) in [5.74, 6) is 0.0396. The van der Waals surface area contributed by atoms with Crippen molar-refractivity contribution in [2.45, 2.75) is 212 Å². The van der Waals surface area contributed by atoms with E-state index in [1.165, 1.54) is 148 Å². The van der Waals surface area contributed by atoms with Gasteiger partial charge in [-0.15, -0.1) is 0 Å². The molecule has 1 rings (SSSR count). The Morgan fingerprint density at radius 3 is 1.72 bits per heavy atom. The first-order chi connectivity index (χ1) is 21.1. The first kappa shape index (κ1) is 40.1. The third-order valence-corrected chi connectivity index (χ3v) is 9.37. The molecule has 2 unspecified atom stereocenters. The second-order valence-corrected chi connectivity index (χ2v) is 13.7. The van der Waals surface area contributed by atoms with Crippen molar-refractivity contribution in [2.24, 2.45) is 0 Å². The number of rotatable bonds is 31. The summed E-state index contributed by atoms with van der Waals surface area (Å²) in [5.41, 5.74) is 0. The second-order valence-electron chi connectivity index (χ2n) is 13.7. The number of hydrogen-bond acceptors (Lipinski definition) is 5. The van der Waals surface area contributed by atoms with Crippen molar-refractivity contribution in [3.8, 4) is 0 Å².